The highest BCUT2D eigenvalue weighted by atomic mass is 35.5. The number of carbonyl (C=O) groups excluding carboxylic acids is 1. The Morgan fingerprint density at radius 1 is 0.953 bits per heavy atom. The maximum atomic E-state index is 13.7. The Hall–Kier alpha value is -4.24. The van der Waals surface area contributed by atoms with E-state index in [9.17, 15) is 14.7 Å². The molecule has 43 heavy (non-hydrogen) atoms. The van der Waals surface area contributed by atoms with E-state index >= 15 is 0 Å². The van der Waals surface area contributed by atoms with Crippen LogP contribution in [0.15, 0.2) is 101 Å². The molecular weight excluding hydrogens is 607 g/mol. The van der Waals surface area contributed by atoms with Crippen molar-refractivity contribution >= 4 is 63.8 Å². The van der Waals surface area contributed by atoms with Crippen molar-refractivity contribution in [1.29, 1.82) is 0 Å². The maximum Gasteiger partial charge on any atom is 0.335 e. The zero-order valence-corrected chi connectivity index (χ0v) is 25.3. The lowest BCUT2D eigenvalue weighted by molar-refractivity contribution is -0.122. The average molecular weight is 634 g/mol. The number of thioether (sulfide) groups is 1. The van der Waals surface area contributed by atoms with Crippen LogP contribution in [0.4, 0.5) is 5.69 Å². The van der Waals surface area contributed by atoms with Gasteiger partial charge in [-0.2, -0.15) is 0 Å². The minimum absolute atomic E-state index is 0.173. The largest absolute Gasteiger partial charge is 0.490 e. The number of hydrogen-bond donors (Lipinski definition) is 1. The number of carbonyl (C=O) groups is 2. The Balaban J connectivity index is 1.44. The summed E-state index contributed by atoms with van der Waals surface area (Å²) in [6.07, 6.45) is 1.75. The molecular formula is C33H26Cl2N2O5S. The Bertz CT molecular complexity index is 1690. The van der Waals surface area contributed by atoms with Gasteiger partial charge >= 0.3 is 5.97 Å². The highest BCUT2D eigenvalue weighted by Gasteiger charge is 2.33. The van der Waals surface area contributed by atoms with Crippen molar-refractivity contribution in [3.05, 3.63) is 128 Å². The van der Waals surface area contributed by atoms with Gasteiger partial charge < -0.3 is 14.6 Å². The van der Waals surface area contributed by atoms with Crippen LogP contribution in [0.2, 0.25) is 10.0 Å². The topological polar surface area (TPSA) is 88.4 Å². The van der Waals surface area contributed by atoms with Crippen LogP contribution in [0.3, 0.4) is 0 Å². The third kappa shape index (κ3) is 7.59. The van der Waals surface area contributed by atoms with E-state index in [2.05, 4.69) is 0 Å². The van der Waals surface area contributed by atoms with Gasteiger partial charge in [0.25, 0.3) is 5.91 Å². The molecule has 0 aliphatic carbocycles. The molecule has 1 saturated heterocycles. The van der Waals surface area contributed by atoms with Crippen LogP contribution in [0.25, 0.3) is 6.08 Å². The van der Waals surface area contributed by atoms with E-state index in [-0.39, 0.29) is 24.6 Å². The number of rotatable bonds is 10. The molecule has 4 aromatic rings. The lowest BCUT2D eigenvalue weighted by Gasteiger charge is -2.16. The zero-order valence-electron chi connectivity index (χ0n) is 23.0. The third-order valence-corrected chi connectivity index (χ3v) is 7.88. The molecule has 4 aromatic carbocycles. The minimum Gasteiger partial charge on any atom is -0.490 e. The molecule has 218 valence electrons. The number of amidine groups is 1. The minimum atomic E-state index is -1.01. The summed E-state index contributed by atoms with van der Waals surface area (Å²) in [7, 11) is 0. The van der Waals surface area contributed by atoms with Gasteiger partial charge in [-0.15, -0.1) is 0 Å². The molecule has 7 nitrogen and oxygen atoms in total. The number of ether oxygens (including phenoxy) is 2. The second-order valence-corrected chi connectivity index (χ2v) is 11.3. The molecule has 0 saturated carbocycles. The first kappa shape index (κ1) is 30.2. The van der Waals surface area contributed by atoms with Gasteiger partial charge in [0.2, 0.25) is 0 Å². The van der Waals surface area contributed by atoms with Gasteiger partial charge in [0.05, 0.1) is 34.3 Å². The lowest BCUT2D eigenvalue weighted by atomic mass is 10.1. The maximum absolute atomic E-state index is 13.7. The molecule has 1 heterocycles. The molecule has 10 heteroatoms. The standard InChI is InChI=1S/C33H26Cl2N2O5S/c1-2-41-28-17-23(16-27(35)30(28)42-20-22-10-14-25(34)15-11-22)18-29-31(38)37(19-21-8-12-24(13-9-21)32(39)40)33(43-29)36-26-6-4-3-5-7-26/h3-18H,2,19-20H2,1H3,(H,39,40). The Morgan fingerprint density at radius 2 is 1.65 bits per heavy atom. The van der Waals surface area contributed by atoms with E-state index in [4.69, 9.17) is 37.7 Å². The third-order valence-electron chi connectivity index (χ3n) is 6.34. The number of halogens is 2. The number of carboxylic acids is 1. The number of para-hydroxylation sites is 1. The molecule has 1 aliphatic rings. The van der Waals surface area contributed by atoms with Crippen molar-refractivity contribution in [1.82, 2.24) is 4.90 Å². The summed E-state index contributed by atoms with van der Waals surface area (Å²) < 4.78 is 11.9. The van der Waals surface area contributed by atoms with Crippen LogP contribution in [0, 0.1) is 0 Å². The molecule has 0 aromatic heterocycles. The molecule has 0 unspecified atom stereocenters. The highest BCUT2D eigenvalue weighted by molar-refractivity contribution is 8.18. The van der Waals surface area contributed by atoms with Gasteiger partial charge in [-0.05, 0) is 90.0 Å². The van der Waals surface area contributed by atoms with Gasteiger partial charge in [0, 0.05) is 5.02 Å². The molecule has 5 rings (SSSR count). The first-order valence-corrected chi connectivity index (χ1v) is 14.9. The van der Waals surface area contributed by atoms with Crippen LogP contribution >= 0.6 is 35.0 Å². The summed E-state index contributed by atoms with van der Waals surface area (Å²) in [5.41, 5.74) is 3.23. The summed E-state index contributed by atoms with van der Waals surface area (Å²) in [4.78, 5) is 31.7. The number of carboxylic acid groups (broad SMARTS) is 1. The van der Waals surface area contributed by atoms with Crippen LogP contribution in [-0.2, 0) is 17.9 Å². The van der Waals surface area contributed by atoms with E-state index < -0.39 is 5.97 Å². The van der Waals surface area contributed by atoms with Crippen LogP contribution < -0.4 is 9.47 Å². The number of nitrogens with zero attached hydrogens (tertiary/aromatic N) is 2. The second-order valence-electron chi connectivity index (χ2n) is 9.41. The van der Waals surface area contributed by atoms with Gasteiger partial charge in [0.1, 0.15) is 6.61 Å². The van der Waals surface area contributed by atoms with Gasteiger partial charge in [-0.3, -0.25) is 9.69 Å². The quantitative estimate of drug-likeness (QED) is 0.176. The molecule has 1 aliphatic heterocycles. The lowest BCUT2D eigenvalue weighted by Crippen LogP contribution is -2.28. The fourth-order valence-electron chi connectivity index (χ4n) is 4.24. The predicted octanol–water partition coefficient (Wildman–Crippen LogP) is 8.47. The normalized spacial score (nSPS) is 14.9. The molecule has 1 N–H and O–H groups in total. The molecule has 0 atom stereocenters. The zero-order chi connectivity index (χ0) is 30.3. The summed E-state index contributed by atoms with van der Waals surface area (Å²) >= 11 is 13.9. The SMILES string of the molecule is CCOc1cc(C=C2SC(=Nc3ccccc3)N(Cc3ccc(C(=O)O)cc3)C2=O)cc(Cl)c1OCc1ccc(Cl)cc1. The van der Waals surface area contributed by atoms with Gasteiger partial charge in [-0.25, -0.2) is 9.79 Å². The Kier molecular flexibility index (Phi) is 9.72. The first-order chi connectivity index (χ1) is 20.8. The van der Waals surface area contributed by atoms with Crippen molar-refractivity contribution in [2.24, 2.45) is 4.99 Å². The fraction of sp³-hybridized carbons (Fsp3) is 0.121. The molecule has 0 radical (unpaired) electrons. The van der Waals surface area contributed by atoms with Crippen molar-refractivity contribution in [2.75, 3.05) is 6.61 Å². The molecule has 1 amide bonds. The van der Waals surface area contributed by atoms with Crippen LogP contribution in [0.5, 0.6) is 11.5 Å². The van der Waals surface area contributed by atoms with Crippen molar-refractivity contribution in [3.63, 3.8) is 0 Å². The smallest absolute Gasteiger partial charge is 0.335 e. The summed E-state index contributed by atoms with van der Waals surface area (Å²) in [6, 6.07) is 26.6. The summed E-state index contributed by atoms with van der Waals surface area (Å²) in [5.74, 6) is -0.384. The average Bonchev–Trinajstić information content (AvgIpc) is 3.27. The number of hydrogen-bond acceptors (Lipinski definition) is 6. The number of aliphatic imine (C=N–C) groups is 1. The summed E-state index contributed by atoms with van der Waals surface area (Å²) in [5, 5.41) is 10.7. The van der Waals surface area contributed by atoms with Crippen molar-refractivity contribution < 1.29 is 24.2 Å². The second kappa shape index (κ2) is 13.8. The highest BCUT2D eigenvalue weighted by Crippen LogP contribution is 2.40. The van der Waals surface area contributed by atoms with E-state index in [0.717, 1.165) is 11.1 Å². The Labute approximate surface area is 263 Å². The van der Waals surface area contributed by atoms with Gasteiger partial charge in [-0.1, -0.05) is 65.7 Å². The van der Waals surface area contributed by atoms with E-state index in [1.165, 1.54) is 23.9 Å². The molecule has 1 fully saturated rings. The predicted molar refractivity (Wildman–Crippen MR) is 171 cm³/mol. The van der Waals surface area contributed by atoms with Crippen molar-refractivity contribution in [3.8, 4) is 11.5 Å². The van der Waals surface area contributed by atoms with E-state index in [1.807, 2.05) is 49.4 Å². The van der Waals surface area contributed by atoms with E-state index in [0.29, 0.717) is 49.5 Å². The number of amides is 1. The van der Waals surface area contributed by atoms with Crippen LogP contribution in [-0.4, -0.2) is 33.7 Å². The molecule has 0 spiro atoms. The molecule has 0 bridgehead atoms. The van der Waals surface area contributed by atoms with Crippen LogP contribution in [0.1, 0.15) is 34.0 Å². The monoisotopic (exact) mass is 632 g/mol. The Morgan fingerprint density at radius 3 is 2.33 bits per heavy atom. The fourth-order valence-corrected chi connectivity index (χ4v) is 5.64. The number of aromatic carboxylic acids is 1. The van der Waals surface area contributed by atoms with E-state index in [1.54, 1.807) is 47.4 Å². The van der Waals surface area contributed by atoms with Crippen molar-refractivity contribution in [2.45, 2.75) is 20.1 Å². The van der Waals surface area contributed by atoms with Gasteiger partial charge in [0.15, 0.2) is 16.7 Å². The summed E-state index contributed by atoms with van der Waals surface area (Å²) in [6.45, 7) is 2.75. The number of benzene rings is 4. The first-order valence-electron chi connectivity index (χ1n) is 13.3.